The third kappa shape index (κ3) is 23.8. The Labute approximate surface area is 346 Å². The molecule has 0 saturated heterocycles. The molecule has 4 atom stereocenters. The number of hydrogen-bond donors (Lipinski definition) is 6. The second kappa shape index (κ2) is 33.3. The topological polar surface area (TPSA) is 227 Å². The minimum Gasteiger partial charge on any atom is -0.505 e. The molecular formula is C44H76O14. The molecule has 0 amide bonds. The zero-order chi connectivity index (χ0) is 43.0. The van der Waals surface area contributed by atoms with Gasteiger partial charge in [0.25, 0.3) is 0 Å². The number of carbonyl (C=O) groups excluding carboxylic acids is 4. The summed E-state index contributed by atoms with van der Waals surface area (Å²) in [5, 5.41) is 57.0. The van der Waals surface area contributed by atoms with Crippen LogP contribution in [0.2, 0.25) is 0 Å². The maximum atomic E-state index is 11.7. The predicted molar refractivity (Wildman–Crippen MR) is 219 cm³/mol. The van der Waals surface area contributed by atoms with Crippen LogP contribution in [0, 0.1) is 0 Å². The second-order valence-electron chi connectivity index (χ2n) is 15.6. The Morgan fingerprint density at radius 1 is 0.466 bits per heavy atom. The largest absolute Gasteiger partial charge is 0.505 e. The van der Waals surface area contributed by atoms with Crippen molar-refractivity contribution in [2.75, 3.05) is 13.2 Å². The van der Waals surface area contributed by atoms with Crippen LogP contribution in [0.4, 0.5) is 0 Å². The Kier molecular flexibility index (Phi) is 30.2. The van der Waals surface area contributed by atoms with Crippen molar-refractivity contribution in [2.45, 2.75) is 218 Å². The molecule has 0 unspecified atom stereocenters. The molecule has 0 saturated carbocycles. The number of aliphatic hydroxyl groups is 6. The first-order chi connectivity index (χ1) is 27.9. The Balaban J connectivity index is 0.000000580. The highest BCUT2D eigenvalue weighted by Crippen LogP contribution is 2.23. The molecule has 2 rings (SSSR count). The van der Waals surface area contributed by atoms with Gasteiger partial charge in [-0.15, -0.1) is 0 Å². The van der Waals surface area contributed by atoms with Gasteiger partial charge in [-0.3, -0.25) is 9.59 Å². The van der Waals surface area contributed by atoms with Crippen molar-refractivity contribution < 1.29 is 68.8 Å². The number of ether oxygens (including phenoxy) is 4. The Hall–Kier alpha value is -3.52. The number of carbonyl (C=O) groups is 4. The number of unbranched alkanes of at least 4 members (excludes halogenated alkanes) is 24. The van der Waals surface area contributed by atoms with Crippen molar-refractivity contribution in [3.05, 3.63) is 23.0 Å². The van der Waals surface area contributed by atoms with Crippen molar-refractivity contribution in [1.82, 2.24) is 0 Å². The quantitative estimate of drug-likeness (QED) is 0.0202. The van der Waals surface area contributed by atoms with Crippen LogP contribution in [-0.4, -0.2) is 92.1 Å². The fraction of sp³-hybridized carbons (Fsp3) is 0.818. The molecule has 14 nitrogen and oxygen atoms in total. The number of aliphatic hydroxyl groups excluding tert-OH is 6. The number of esters is 4. The molecule has 0 radical (unpaired) electrons. The number of cyclic esters (lactones) is 2. The van der Waals surface area contributed by atoms with Gasteiger partial charge in [0, 0.05) is 12.8 Å². The summed E-state index contributed by atoms with van der Waals surface area (Å²) in [6.45, 7) is 3.65. The van der Waals surface area contributed by atoms with E-state index >= 15 is 0 Å². The second-order valence-corrected chi connectivity index (χ2v) is 15.6. The first-order valence-corrected chi connectivity index (χ1v) is 22.3. The van der Waals surface area contributed by atoms with Gasteiger partial charge in [-0.05, 0) is 12.8 Å². The zero-order valence-corrected chi connectivity index (χ0v) is 35.5. The van der Waals surface area contributed by atoms with E-state index in [4.69, 9.17) is 9.47 Å². The van der Waals surface area contributed by atoms with Crippen molar-refractivity contribution in [3.8, 4) is 0 Å². The highest BCUT2D eigenvalue weighted by molar-refractivity contribution is 5.89. The van der Waals surface area contributed by atoms with E-state index in [1.165, 1.54) is 128 Å². The molecule has 0 bridgehead atoms. The third-order valence-electron chi connectivity index (χ3n) is 10.4. The maximum Gasteiger partial charge on any atom is 0.377 e. The first-order valence-electron chi connectivity index (χ1n) is 22.3. The molecule has 2 heterocycles. The van der Waals surface area contributed by atoms with Crippen molar-refractivity contribution >= 4 is 23.9 Å². The van der Waals surface area contributed by atoms with E-state index in [2.05, 4.69) is 23.3 Å². The summed E-state index contributed by atoms with van der Waals surface area (Å²) in [6, 6.07) is 0. The normalized spacial score (nSPS) is 17.4. The van der Waals surface area contributed by atoms with Gasteiger partial charge in [-0.2, -0.15) is 0 Å². The Morgan fingerprint density at radius 2 is 0.707 bits per heavy atom. The van der Waals surface area contributed by atoms with E-state index < -0.39 is 84.5 Å². The highest BCUT2D eigenvalue weighted by atomic mass is 16.6. The van der Waals surface area contributed by atoms with Crippen LogP contribution in [0.15, 0.2) is 23.0 Å². The van der Waals surface area contributed by atoms with Gasteiger partial charge in [-0.25, -0.2) is 9.59 Å². The van der Waals surface area contributed by atoms with Crippen molar-refractivity contribution in [3.63, 3.8) is 0 Å². The first kappa shape index (κ1) is 52.5. The van der Waals surface area contributed by atoms with Crippen LogP contribution in [0.1, 0.15) is 194 Å². The molecule has 0 aromatic carbocycles. The standard InChI is InChI=1S/2C22H38O7/c2*1-2-3-4-5-6-7-8-9-10-11-12-13-14-15-18(24)28-16-17(23)21-19(25)20(26)22(27)29-21/h2*17,21,23,25-26H,2-16H2,1H3/t2*17-,21+/m00/s1. The van der Waals surface area contributed by atoms with Crippen LogP contribution in [0.5, 0.6) is 0 Å². The number of rotatable bonds is 34. The maximum absolute atomic E-state index is 11.7. The van der Waals surface area contributed by atoms with Crippen LogP contribution in [0.3, 0.4) is 0 Å². The van der Waals surface area contributed by atoms with Crippen molar-refractivity contribution in [1.29, 1.82) is 0 Å². The van der Waals surface area contributed by atoms with Crippen LogP contribution in [-0.2, 0) is 38.1 Å². The summed E-state index contributed by atoms with van der Waals surface area (Å²) in [5.74, 6) is -6.42. The van der Waals surface area contributed by atoms with Gasteiger partial charge in [0.2, 0.25) is 11.5 Å². The summed E-state index contributed by atoms with van der Waals surface area (Å²) in [4.78, 5) is 45.6. The lowest BCUT2D eigenvalue weighted by atomic mass is 10.0. The van der Waals surface area contributed by atoms with Gasteiger partial charge in [-0.1, -0.05) is 168 Å². The molecule has 0 fully saturated rings. The Morgan fingerprint density at radius 3 is 0.931 bits per heavy atom. The molecule has 2 aliphatic rings. The molecule has 6 N–H and O–H groups in total. The van der Waals surface area contributed by atoms with Crippen LogP contribution >= 0.6 is 0 Å². The van der Waals surface area contributed by atoms with Gasteiger partial charge in [0.05, 0.1) is 0 Å². The lowest BCUT2D eigenvalue weighted by Crippen LogP contribution is -2.33. The summed E-state index contributed by atoms with van der Waals surface area (Å²) in [7, 11) is 0. The van der Waals surface area contributed by atoms with Gasteiger partial charge in [0.1, 0.15) is 25.4 Å². The lowest BCUT2D eigenvalue weighted by Gasteiger charge is -2.17. The summed E-state index contributed by atoms with van der Waals surface area (Å²) < 4.78 is 19.1. The molecule has 336 valence electrons. The minimum atomic E-state index is -1.42. The van der Waals surface area contributed by atoms with E-state index in [-0.39, 0.29) is 12.8 Å². The third-order valence-corrected chi connectivity index (χ3v) is 10.4. The molecule has 0 aromatic heterocycles. The van der Waals surface area contributed by atoms with Gasteiger partial charge < -0.3 is 49.6 Å². The molecule has 0 aromatic rings. The fourth-order valence-electron chi connectivity index (χ4n) is 6.70. The smallest absolute Gasteiger partial charge is 0.377 e. The summed E-state index contributed by atoms with van der Waals surface area (Å²) >= 11 is 0. The SMILES string of the molecule is CCCCCCCCCCCCCCCC(=O)OC[C@H](O)[C@H]1OC(=O)C(O)=C1O.CCCCCCCCCCCCCCCC(=O)OC[C@H](O)[C@H]1OC(=O)C(O)=C1O. The van der Waals surface area contributed by atoms with Crippen molar-refractivity contribution in [2.24, 2.45) is 0 Å². The van der Waals surface area contributed by atoms with E-state index in [0.29, 0.717) is 0 Å². The van der Waals surface area contributed by atoms with Gasteiger partial charge >= 0.3 is 23.9 Å². The molecule has 0 spiro atoms. The average molecular weight is 829 g/mol. The molecule has 2 aliphatic heterocycles. The molecule has 14 heteroatoms. The lowest BCUT2D eigenvalue weighted by molar-refractivity contribution is -0.156. The number of hydrogen-bond acceptors (Lipinski definition) is 14. The van der Waals surface area contributed by atoms with E-state index in [9.17, 15) is 49.8 Å². The van der Waals surface area contributed by atoms with Crippen LogP contribution in [0.25, 0.3) is 0 Å². The zero-order valence-electron chi connectivity index (χ0n) is 35.5. The predicted octanol–water partition coefficient (Wildman–Crippen LogP) is 9.25. The molecule has 58 heavy (non-hydrogen) atoms. The monoisotopic (exact) mass is 829 g/mol. The highest BCUT2D eigenvalue weighted by Gasteiger charge is 2.40. The average Bonchev–Trinajstić information content (AvgIpc) is 3.63. The molecule has 0 aliphatic carbocycles. The fourth-order valence-corrected chi connectivity index (χ4v) is 6.70. The minimum absolute atomic E-state index is 0.266. The van der Waals surface area contributed by atoms with Crippen LogP contribution < -0.4 is 0 Å². The van der Waals surface area contributed by atoms with E-state index in [0.717, 1.165) is 38.5 Å². The van der Waals surface area contributed by atoms with E-state index in [1.54, 1.807) is 0 Å². The Bertz CT molecular complexity index is 1120. The summed E-state index contributed by atoms with van der Waals surface area (Å²) in [5.41, 5.74) is 0. The molecular weight excluding hydrogens is 752 g/mol. The summed E-state index contributed by atoms with van der Waals surface area (Å²) in [6.07, 6.45) is 26.8. The van der Waals surface area contributed by atoms with E-state index in [1.807, 2.05) is 0 Å². The van der Waals surface area contributed by atoms with Gasteiger partial charge in [0.15, 0.2) is 23.7 Å².